The molecule has 0 atom stereocenters. The SMILES string of the molecule is O=C1OC(=O)C(C(Cl)Cl)=C1Cl. The van der Waals surface area contributed by atoms with Crippen molar-refractivity contribution in [2.45, 2.75) is 4.84 Å². The second-order valence-electron chi connectivity index (χ2n) is 1.71. The fraction of sp³-hybridized carbons (Fsp3) is 0.200. The Balaban J connectivity index is 3.07. The number of ether oxygens (including phenoxy) is 1. The summed E-state index contributed by atoms with van der Waals surface area (Å²) in [7, 11) is 0. The lowest BCUT2D eigenvalue weighted by molar-refractivity contribution is -0.150. The van der Waals surface area contributed by atoms with Crippen molar-refractivity contribution < 1.29 is 14.3 Å². The van der Waals surface area contributed by atoms with E-state index in [1.165, 1.54) is 0 Å². The first-order valence-corrected chi connectivity index (χ1v) is 3.73. The van der Waals surface area contributed by atoms with Crippen LogP contribution in [0.3, 0.4) is 0 Å². The van der Waals surface area contributed by atoms with Gasteiger partial charge in [-0.05, 0) is 0 Å². The molecule has 0 fully saturated rings. The van der Waals surface area contributed by atoms with E-state index in [0.717, 1.165) is 0 Å². The molecular weight excluding hydrogens is 214 g/mol. The van der Waals surface area contributed by atoms with Crippen LogP contribution in [0.15, 0.2) is 10.6 Å². The van der Waals surface area contributed by atoms with E-state index in [9.17, 15) is 9.59 Å². The van der Waals surface area contributed by atoms with E-state index in [1.54, 1.807) is 0 Å². The minimum absolute atomic E-state index is 0.194. The number of esters is 2. The molecule has 3 nitrogen and oxygen atoms in total. The first-order chi connectivity index (χ1) is 5.04. The lowest BCUT2D eigenvalue weighted by atomic mass is 10.3. The summed E-state index contributed by atoms with van der Waals surface area (Å²) in [5.74, 6) is -1.78. The molecule has 0 saturated carbocycles. The molecule has 0 amide bonds. The number of carbonyl (C=O) groups is 2. The molecule has 0 saturated heterocycles. The Hall–Kier alpha value is -0.250. The molecule has 1 rings (SSSR count). The van der Waals surface area contributed by atoms with Crippen molar-refractivity contribution in [2.24, 2.45) is 0 Å². The van der Waals surface area contributed by atoms with Crippen LogP contribution in [-0.2, 0) is 14.3 Å². The highest BCUT2D eigenvalue weighted by molar-refractivity contribution is 6.53. The van der Waals surface area contributed by atoms with Gasteiger partial charge in [0.2, 0.25) is 0 Å². The van der Waals surface area contributed by atoms with Gasteiger partial charge in [-0.1, -0.05) is 34.8 Å². The van der Waals surface area contributed by atoms with Gasteiger partial charge in [0.15, 0.2) is 0 Å². The summed E-state index contributed by atoms with van der Waals surface area (Å²) >= 11 is 16.0. The van der Waals surface area contributed by atoms with E-state index in [1.807, 2.05) is 0 Å². The zero-order valence-corrected chi connectivity index (χ0v) is 7.20. The van der Waals surface area contributed by atoms with E-state index in [-0.39, 0.29) is 10.6 Å². The lowest BCUT2D eigenvalue weighted by Gasteiger charge is -1.95. The maximum Gasteiger partial charge on any atom is 0.358 e. The van der Waals surface area contributed by atoms with Gasteiger partial charge < -0.3 is 4.74 Å². The maximum atomic E-state index is 10.7. The first-order valence-electron chi connectivity index (χ1n) is 2.48. The van der Waals surface area contributed by atoms with Crippen molar-refractivity contribution in [1.29, 1.82) is 0 Å². The van der Waals surface area contributed by atoms with Gasteiger partial charge in [0.05, 0.1) is 5.57 Å². The standard InChI is InChI=1S/C5HCl3O3/c6-2-1(3(7)8)4(9)11-5(2)10/h3H. The molecule has 0 N–H and O–H groups in total. The lowest BCUT2D eigenvalue weighted by Crippen LogP contribution is -2.05. The normalized spacial score (nSPS) is 18.2. The smallest absolute Gasteiger partial charge is 0.358 e. The highest BCUT2D eigenvalue weighted by Crippen LogP contribution is 2.28. The Bertz CT molecular complexity index is 256. The molecule has 0 bridgehead atoms. The molecule has 11 heavy (non-hydrogen) atoms. The van der Waals surface area contributed by atoms with Crippen LogP contribution in [0.25, 0.3) is 0 Å². The molecule has 0 aromatic rings. The predicted octanol–water partition coefficient (Wildman–Crippen LogP) is 1.37. The molecule has 1 aliphatic heterocycles. The Morgan fingerprint density at radius 2 is 1.73 bits per heavy atom. The van der Waals surface area contributed by atoms with E-state index in [2.05, 4.69) is 4.74 Å². The fourth-order valence-corrected chi connectivity index (χ4v) is 1.30. The van der Waals surface area contributed by atoms with E-state index in [0.29, 0.717) is 0 Å². The third kappa shape index (κ3) is 1.50. The maximum absolute atomic E-state index is 10.7. The van der Waals surface area contributed by atoms with E-state index < -0.39 is 16.8 Å². The molecule has 1 heterocycles. The largest absolute Gasteiger partial charge is 0.385 e. The van der Waals surface area contributed by atoms with Crippen LogP contribution in [0.4, 0.5) is 0 Å². The summed E-state index contributed by atoms with van der Waals surface area (Å²) in [6, 6.07) is 0. The zero-order valence-electron chi connectivity index (χ0n) is 4.94. The minimum atomic E-state index is -1.12. The highest BCUT2D eigenvalue weighted by atomic mass is 35.5. The predicted molar refractivity (Wildman–Crippen MR) is 39.5 cm³/mol. The summed E-state index contributed by atoms with van der Waals surface area (Å²) in [5.41, 5.74) is -0.194. The van der Waals surface area contributed by atoms with Gasteiger partial charge >= 0.3 is 11.9 Å². The van der Waals surface area contributed by atoms with Crippen LogP contribution in [0, 0.1) is 0 Å². The van der Waals surface area contributed by atoms with Gasteiger partial charge in [0, 0.05) is 0 Å². The van der Waals surface area contributed by atoms with E-state index >= 15 is 0 Å². The highest BCUT2D eigenvalue weighted by Gasteiger charge is 2.35. The second-order valence-corrected chi connectivity index (χ2v) is 3.18. The van der Waals surface area contributed by atoms with Gasteiger partial charge in [-0.3, -0.25) is 0 Å². The summed E-state index contributed by atoms with van der Waals surface area (Å²) in [6.07, 6.45) is 0. The van der Waals surface area contributed by atoms with Gasteiger partial charge in [-0.25, -0.2) is 9.59 Å². The summed E-state index contributed by atoms with van der Waals surface area (Å²) in [5, 5.41) is -0.343. The fourth-order valence-electron chi connectivity index (χ4n) is 0.568. The quantitative estimate of drug-likeness (QED) is 0.377. The van der Waals surface area contributed by atoms with Crippen LogP contribution < -0.4 is 0 Å². The molecule has 6 heteroatoms. The van der Waals surface area contributed by atoms with E-state index in [4.69, 9.17) is 34.8 Å². The van der Waals surface area contributed by atoms with Crippen LogP contribution >= 0.6 is 34.8 Å². The van der Waals surface area contributed by atoms with Crippen molar-refractivity contribution in [1.82, 2.24) is 0 Å². The molecule has 0 aliphatic carbocycles. The number of rotatable bonds is 1. The third-order valence-corrected chi connectivity index (χ3v) is 1.83. The number of carbonyl (C=O) groups excluding carboxylic acids is 2. The van der Waals surface area contributed by atoms with Crippen molar-refractivity contribution in [3.63, 3.8) is 0 Å². The molecule has 0 aromatic heterocycles. The Morgan fingerprint density at radius 3 is 1.91 bits per heavy atom. The van der Waals surface area contributed by atoms with Crippen molar-refractivity contribution >= 4 is 46.7 Å². The molecule has 0 spiro atoms. The van der Waals surface area contributed by atoms with Gasteiger partial charge in [0.1, 0.15) is 9.87 Å². The summed E-state index contributed by atoms with van der Waals surface area (Å²) in [6.45, 7) is 0. The van der Waals surface area contributed by atoms with Crippen molar-refractivity contribution in [3.8, 4) is 0 Å². The second kappa shape index (κ2) is 3.01. The number of halogens is 3. The number of hydrogen-bond acceptors (Lipinski definition) is 3. The number of alkyl halides is 2. The topological polar surface area (TPSA) is 43.4 Å². The zero-order chi connectivity index (χ0) is 8.59. The van der Waals surface area contributed by atoms with Gasteiger partial charge in [-0.2, -0.15) is 0 Å². The molecule has 0 radical (unpaired) electrons. The van der Waals surface area contributed by atoms with Crippen molar-refractivity contribution in [2.75, 3.05) is 0 Å². The Morgan fingerprint density at radius 1 is 1.18 bits per heavy atom. The summed E-state index contributed by atoms with van der Waals surface area (Å²) in [4.78, 5) is 20.1. The third-order valence-electron chi connectivity index (χ3n) is 1.04. The first kappa shape index (κ1) is 8.84. The van der Waals surface area contributed by atoms with Crippen molar-refractivity contribution in [3.05, 3.63) is 10.6 Å². The number of hydrogen-bond donors (Lipinski definition) is 0. The minimum Gasteiger partial charge on any atom is -0.385 e. The molecule has 60 valence electrons. The molecule has 0 aromatic carbocycles. The van der Waals surface area contributed by atoms with Crippen LogP contribution in [0.5, 0.6) is 0 Å². The van der Waals surface area contributed by atoms with Crippen LogP contribution in [0.2, 0.25) is 0 Å². The number of cyclic esters (lactones) is 2. The van der Waals surface area contributed by atoms with Gasteiger partial charge in [-0.15, -0.1) is 0 Å². The Kier molecular flexibility index (Phi) is 2.42. The monoisotopic (exact) mass is 214 g/mol. The summed E-state index contributed by atoms with van der Waals surface area (Å²) < 4.78 is 4.09. The average Bonchev–Trinajstić information content (AvgIpc) is 2.07. The average molecular weight is 215 g/mol. The van der Waals surface area contributed by atoms with Crippen LogP contribution in [-0.4, -0.2) is 16.8 Å². The molecule has 1 aliphatic rings. The Labute approximate surface area is 76.8 Å². The molecular formula is C5HCl3O3. The van der Waals surface area contributed by atoms with Gasteiger partial charge in [0.25, 0.3) is 0 Å². The molecule has 0 unspecified atom stereocenters. The van der Waals surface area contributed by atoms with Crippen LogP contribution in [0.1, 0.15) is 0 Å².